The maximum Gasteiger partial charge on any atom is 0.118 e. The molecular formula is C5H21NO7. The molecule has 0 aromatic heterocycles. The lowest BCUT2D eigenvalue weighted by Crippen LogP contribution is -2.45. The van der Waals surface area contributed by atoms with Gasteiger partial charge in [-0.3, -0.25) is 0 Å². The third-order valence-corrected chi connectivity index (χ3v) is 0.603. The van der Waals surface area contributed by atoms with Gasteiger partial charge >= 0.3 is 0 Å². The zero-order valence-electron chi connectivity index (χ0n) is 7.97. The van der Waals surface area contributed by atoms with Crippen molar-refractivity contribution >= 4 is 5.97 Å². The van der Waals surface area contributed by atoms with Gasteiger partial charge in [0.1, 0.15) is 6.54 Å². The number of carbonyl (C=O) groups is 1. The highest BCUT2D eigenvalue weighted by Gasteiger charge is 2.04. The molecule has 0 atom stereocenters. The van der Waals surface area contributed by atoms with Gasteiger partial charge in [0.2, 0.25) is 0 Å². The second-order valence-corrected chi connectivity index (χ2v) is 2.82. The van der Waals surface area contributed by atoms with Crippen LogP contribution in [0.1, 0.15) is 0 Å². The number of carbonyl (C=O) groups excluding carboxylic acids is 1. The molecule has 13 heavy (non-hydrogen) atoms. The highest BCUT2D eigenvalue weighted by Crippen LogP contribution is 1.84. The smallest absolute Gasteiger partial charge is 0.118 e. The van der Waals surface area contributed by atoms with Gasteiger partial charge < -0.3 is 41.8 Å². The molecule has 0 heterocycles. The van der Waals surface area contributed by atoms with Gasteiger partial charge in [0.15, 0.2) is 0 Å². The first-order valence-electron chi connectivity index (χ1n) is 2.42. The van der Waals surface area contributed by atoms with Crippen molar-refractivity contribution in [2.75, 3.05) is 27.7 Å². The van der Waals surface area contributed by atoms with Crippen molar-refractivity contribution in [1.82, 2.24) is 0 Å². The van der Waals surface area contributed by atoms with E-state index in [1.54, 1.807) is 21.1 Å². The number of aliphatic carboxylic acids is 1. The fourth-order valence-corrected chi connectivity index (χ4v) is 0.387. The molecule has 0 aromatic carbocycles. The van der Waals surface area contributed by atoms with E-state index in [1.807, 2.05) is 0 Å². The lowest BCUT2D eigenvalue weighted by atomic mass is 10.5. The summed E-state index contributed by atoms with van der Waals surface area (Å²) in [6.07, 6.45) is 0. The van der Waals surface area contributed by atoms with E-state index in [0.29, 0.717) is 4.48 Å². The Morgan fingerprint density at radius 3 is 1.23 bits per heavy atom. The van der Waals surface area contributed by atoms with E-state index >= 15 is 0 Å². The van der Waals surface area contributed by atoms with Crippen LogP contribution in [0, 0.1) is 0 Å². The maximum absolute atomic E-state index is 9.89. The van der Waals surface area contributed by atoms with E-state index in [9.17, 15) is 9.90 Å². The van der Waals surface area contributed by atoms with Gasteiger partial charge in [-0.1, -0.05) is 0 Å². The molecule has 0 rings (SSSR count). The lowest BCUT2D eigenvalue weighted by molar-refractivity contribution is -0.864. The number of hydrogen-bond acceptors (Lipinski definition) is 2. The minimum absolute atomic E-state index is 0. The number of nitrogens with zero attached hydrogens (tertiary/aromatic N) is 1. The van der Waals surface area contributed by atoms with Gasteiger partial charge in [-0.2, -0.15) is 0 Å². The summed E-state index contributed by atoms with van der Waals surface area (Å²) in [6, 6.07) is 0. The predicted octanol–water partition coefficient (Wildman–Crippen LogP) is -5.68. The monoisotopic (exact) mass is 207 g/mol. The molecule has 0 radical (unpaired) electrons. The molecule has 10 N–H and O–H groups in total. The molecule has 0 aromatic rings. The van der Waals surface area contributed by atoms with E-state index in [1.165, 1.54) is 0 Å². The summed E-state index contributed by atoms with van der Waals surface area (Å²) in [6.45, 7) is 0.0694. The summed E-state index contributed by atoms with van der Waals surface area (Å²) in [7, 11) is 5.40. The molecule has 0 amide bonds. The molecule has 0 fully saturated rings. The summed E-state index contributed by atoms with van der Waals surface area (Å²) in [5, 5.41) is 9.89. The van der Waals surface area contributed by atoms with Crippen LogP contribution in [0.5, 0.6) is 0 Å². The molecule has 0 bridgehead atoms. The molecule has 0 aliphatic rings. The molecule has 0 aliphatic heterocycles. The van der Waals surface area contributed by atoms with Crippen LogP contribution in [0.3, 0.4) is 0 Å². The summed E-state index contributed by atoms with van der Waals surface area (Å²) >= 11 is 0. The fraction of sp³-hybridized carbons (Fsp3) is 0.800. The van der Waals surface area contributed by atoms with Crippen molar-refractivity contribution in [2.45, 2.75) is 0 Å². The average molecular weight is 207 g/mol. The van der Waals surface area contributed by atoms with Gasteiger partial charge in [-0.15, -0.1) is 0 Å². The van der Waals surface area contributed by atoms with E-state index in [0.717, 1.165) is 0 Å². The summed E-state index contributed by atoms with van der Waals surface area (Å²) in [5.74, 6) is -1.00. The summed E-state index contributed by atoms with van der Waals surface area (Å²) in [4.78, 5) is 9.89. The van der Waals surface area contributed by atoms with Gasteiger partial charge in [0.05, 0.1) is 27.1 Å². The van der Waals surface area contributed by atoms with E-state index in [-0.39, 0.29) is 33.9 Å². The standard InChI is InChI=1S/C5H11NO2.5H2O/c1-6(2,3)4-5(7)8;;;;;/h4H2,1-3H3;5*1H2. The fourth-order valence-electron chi connectivity index (χ4n) is 0.387. The highest BCUT2D eigenvalue weighted by molar-refractivity contribution is 5.65. The number of quaternary nitrogens is 1. The number of carboxylic acid groups (broad SMARTS) is 1. The molecule has 0 saturated heterocycles. The van der Waals surface area contributed by atoms with Gasteiger partial charge in [0.25, 0.3) is 0 Å². The van der Waals surface area contributed by atoms with Crippen LogP contribution < -0.4 is 5.11 Å². The molecule has 0 aliphatic carbocycles. The molecule has 0 spiro atoms. The Labute approximate surface area is 76.5 Å². The van der Waals surface area contributed by atoms with Crippen LogP contribution >= 0.6 is 0 Å². The van der Waals surface area contributed by atoms with Crippen molar-refractivity contribution in [1.29, 1.82) is 0 Å². The quantitative estimate of drug-likeness (QED) is 0.406. The Kier molecular flexibility index (Phi) is 42.2. The molecular weight excluding hydrogens is 186 g/mol. The van der Waals surface area contributed by atoms with Gasteiger partial charge in [-0.05, 0) is 0 Å². The Bertz CT molecular complexity index is 99.5. The summed E-state index contributed by atoms with van der Waals surface area (Å²) in [5.41, 5.74) is 0. The van der Waals surface area contributed by atoms with Crippen molar-refractivity contribution < 1.29 is 41.8 Å². The Hall–Kier alpha value is -0.770. The second kappa shape index (κ2) is 13.8. The zero-order chi connectivity index (χ0) is 6.78. The maximum atomic E-state index is 9.89. The number of likely N-dealkylation sites (N-methyl/N-ethyl adjacent to an activating group) is 1. The lowest BCUT2D eigenvalue weighted by Gasteiger charge is -2.23. The van der Waals surface area contributed by atoms with E-state index in [4.69, 9.17) is 0 Å². The predicted molar refractivity (Wildman–Crippen MR) is 46.0 cm³/mol. The van der Waals surface area contributed by atoms with Crippen molar-refractivity contribution in [2.24, 2.45) is 0 Å². The van der Waals surface area contributed by atoms with Crippen LogP contribution in [0.2, 0.25) is 0 Å². The first kappa shape index (κ1) is 39.7. The molecule has 8 heteroatoms. The van der Waals surface area contributed by atoms with Crippen molar-refractivity contribution in [3.8, 4) is 0 Å². The Morgan fingerprint density at radius 1 is 1.00 bits per heavy atom. The van der Waals surface area contributed by atoms with Crippen LogP contribution in [-0.4, -0.2) is 65.5 Å². The minimum Gasteiger partial charge on any atom is -0.544 e. The van der Waals surface area contributed by atoms with Crippen molar-refractivity contribution in [3.63, 3.8) is 0 Å². The van der Waals surface area contributed by atoms with Crippen LogP contribution in [0.15, 0.2) is 0 Å². The number of hydrogen-bond donors (Lipinski definition) is 0. The number of carboxylic acids is 1. The topological polar surface area (TPSA) is 198 Å². The van der Waals surface area contributed by atoms with Gasteiger partial charge in [0, 0.05) is 0 Å². The Balaban J connectivity index is -0.0000000245. The minimum atomic E-state index is -1.00. The van der Waals surface area contributed by atoms with Gasteiger partial charge in [-0.25, -0.2) is 0 Å². The van der Waals surface area contributed by atoms with E-state index < -0.39 is 5.97 Å². The van der Waals surface area contributed by atoms with Crippen molar-refractivity contribution in [3.05, 3.63) is 0 Å². The van der Waals surface area contributed by atoms with Crippen LogP contribution in [-0.2, 0) is 4.79 Å². The third kappa shape index (κ3) is 53.5. The SMILES string of the molecule is C[N+](C)(C)CC(=O)[O-].O.O.O.O.O. The van der Waals surface area contributed by atoms with Crippen LogP contribution in [0.25, 0.3) is 0 Å². The largest absolute Gasteiger partial charge is 0.544 e. The Morgan fingerprint density at radius 2 is 1.23 bits per heavy atom. The third-order valence-electron chi connectivity index (χ3n) is 0.603. The average Bonchev–Trinajstić information content (AvgIpc) is 1.21. The normalized spacial score (nSPS) is 7.00. The highest BCUT2D eigenvalue weighted by atomic mass is 16.4. The first-order chi connectivity index (χ1) is 3.42. The zero-order valence-corrected chi connectivity index (χ0v) is 7.97. The second-order valence-electron chi connectivity index (χ2n) is 2.82. The molecule has 0 saturated carbocycles. The molecule has 0 unspecified atom stereocenters. The first-order valence-corrected chi connectivity index (χ1v) is 2.42. The van der Waals surface area contributed by atoms with E-state index in [2.05, 4.69) is 0 Å². The van der Waals surface area contributed by atoms with Crippen LogP contribution in [0.4, 0.5) is 0 Å². The molecule has 8 nitrogen and oxygen atoms in total. The molecule has 88 valence electrons. The number of rotatable bonds is 2. The summed E-state index contributed by atoms with van der Waals surface area (Å²) < 4.78 is 0.419.